The average Bonchev–Trinajstić information content (AvgIpc) is 2.47. The fourth-order valence-corrected chi connectivity index (χ4v) is 1.31. The quantitative estimate of drug-likeness (QED) is 0.743. The molecule has 0 saturated heterocycles. The zero-order valence-corrected chi connectivity index (χ0v) is 8.50. The van der Waals surface area contributed by atoms with E-state index in [1.807, 2.05) is 19.1 Å². The normalized spacial score (nSPS) is 13.6. The van der Waals surface area contributed by atoms with Gasteiger partial charge in [0.1, 0.15) is 11.5 Å². The number of rotatable bonds is 4. The molecule has 0 aromatic carbocycles. The Morgan fingerprint density at radius 2 is 2.15 bits per heavy atom. The van der Waals surface area contributed by atoms with Crippen LogP contribution in [-0.4, -0.2) is 12.6 Å². The second-order valence-electron chi connectivity index (χ2n) is 3.56. The van der Waals surface area contributed by atoms with Crippen molar-refractivity contribution in [3.05, 3.63) is 23.7 Å². The second kappa shape index (κ2) is 4.44. The van der Waals surface area contributed by atoms with Gasteiger partial charge in [-0.05, 0) is 19.1 Å². The molecule has 74 valence electrons. The van der Waals surface area contributed by atoms with Gasteiger partial charge in [-0.15, -0.1) is 0 Å². The molecule has 0 spiro atoms. The molecule has 0 amide bonds. The summed E-state index contributed by atoms with van der Waals surface area (Å²) in [4.78, 5) is 0. The Hall–Kier alpha value is -0.800. The van der Waals surface area contributed by atoms with E-state index < -0.39 is 0 Å². The highest BCUT2D eigenvalue weighted by molar-refractivity contribution is 5.10. The summed E-state index contributed by atoms with van der Waals surface area (Å²) in [6.45, 7) is 6.69. The number of hydrogen-bond acceptors (Lipinski definition) is 3. The van der Waals surface area contributed by atoms with Crippen LogP contribution in [0.25, 0.3) is 0 Å². The van der Waals surface area contributed by atoms with Crippen LogP contribution in [0, 0.1) is 6.92 Å². The topological polar surface area (TPSA) is 51.2 Å². The number of aryl methyl sites for hydroxylation is 1. The van der Waals surface area contributed by atoms with E-state index >= 15 is 0 Å². The monoisotopic (exact) mass is 182 g/mol. The van der Waals surface area contributed by atoms with E-state index in [-0.39, 0.29) is 6.04 Å². The van der Waals surface area contributed by atoms with Gasteiger partial charge in [-0.1, -0.05) is 13.8 Å². The third kappa shape index (κ3) is 2.86. The fraction of sp³-hybridized carbons (Fsp3) is 0.600. The van der Waals surface area contributed by atoms with Crippen LogP contribution >= 0.6 is 0 Å². The maximum Gasteiger partial charge on any atom is 0.122 e. The van der Waals surface area contributed by atoms with Crippen molar-refractivity contribution in [2.45, 2.75) is 32.9 Å². The Bertz CT molecular complexity index is 255. The molecular weight excluding hydrogens is 164 g/mol. The minimum absolute atomic E-state index is 0.133. The van der Waals surface area contributed by atoms with Crippen LogP contribution in [0.4, 0.5) is 0 Å². The third-order valence-electron chi connectivity index (χ3n) is 1.87. The molecule has 0 radical (unpaired) electrons. The van der Waals surface area contributed by atoms with Gasteiger partial charge in [0.2, 0.25) is 0 Å². The van der Waals surface area contributed by atoms with Crippen LogP contribution in [0.15, 0.2) is 16.5 Å². The largest absolute Gasteiger partial charge is 0.465 e. The number of hydrogen-bond donors (Lipinski definition) is 2. The summed E-state index contributed by atoms with van der Waals surface area (Å²) in [5.74, 6) is 1.85. The lowest BCUT2D eigenvalue weighted by atomic mass is 10.2. The molecule has 0 aliphatic carbocycles. The molecule has 1 rings (SSSR count). The van der Waals surface area contributed by atoms with E-state index in [2.05, 4.69) is 19.2 Å². The lowest BCUT2D eigenvalue weighted by Gasteiger charge is -2.17. The summed E-state index contributed by atoms with van der Waals surface area (Å²) in [5.41, 5.74) is 5.64. The molecular formula is C10H18N2O. The summed E-state index contributed by atoms with van der Waals surface area (Å²) in [7, 11) is 0. The third-order valence-corrected chi connectivity index (χ3v) is 1.87. The predicted octanol–water partition coefficient (Wildman–Crippen LogP) is 1.59. The highest BCUT2D eigenvalue weighted by Gasteiger charge is 2.13. The van der Waals surface area contributed by atoms with Crippen LogP contribution in [0.2, 0.25) is 0 Å². The zero-order valence-electron chi connectivity index (χ0n) is 8.50. The van der Waals surface area contributed by atoms with E-state index in [0.717, 1.165) is 11.5 Å². The minimum atomic E-state index is 0.133. The predicted molar refractivity (Wildman–Crippen MR) is 53.5 cm³/mol. The van der Waals surface area contributed by atoms with Crippen molar-refractivity contribution in [1.82, 2.24) is 5.32 Å². The van der Waals surface area contributed by atoms with E-state index in [1.165, 1.54) is 0 Å². The number of nitrogens with one attached hydrogen (secondary N) is 1. The van der Waals surface area contributed by atoms with Crippen molar-refractivity contribution in [1.29, 1.82) is 0 Å². The van der Waals surface area contributed by atoms with Crippen LogP contribution in [0.5, 0.6) is 0 Å². The van der Waals surface area contributed by atoms with Gasteiger partial charge in [0, 0.05) is 12.6 Å². The summed E-state index contributed by atoms with van der Waals surface area (Å²) in [6, 6.07) is 4.48. The molecule has 0 aliphatic heterocycles. The first-order valence-electron chi connectivity index (χ1n) is 4.66. The summed E-state index contributed by atoms with van der Waals surface area (Å²) >= 11 is 0. The highest BCUT2D eigenvalue weighted by atomic mass is 16.3. The Morgan fingerprint density at radius 3 is 2.54 bits per heavy atom. The molecule has 0 fully saturated rings. The maximum atomic E-state index is 5.64. The lowest BCUT2D eigenvalue weighted by molar-refractivity contribution is 0.384. The van der Waals surface area contributed by atoms with Crippen LogP contribution in [-0.2, 0) is 0 Å². The molecule has 3 heteroatoms. The Kier molecular flexibility index (Phi) is 3.51. The van der Waals surface area contributed by atoms with Gasteiger partial charge in [-0.2, -0.15) is 0 Å². The van der Waals surface area contributed by atoms with E-state index in [9.17, 15) is 0 Å². The van der Waals surface area contributed by atoms with Crippen molar-refractivity contribution in [3.63, 3.8) is 0 Å². The molecule has 1 unspecified atom stereocenters. The Labute approximate surface area is 79.3 Å². The summed E-state index contributed by atoms with van der Waals surface area (Å²) in [5, 5.41) is 3.34. The standard InChI is InChI=1S/C10H18N2O/c1-7(2)12-9(6-11)10-5-4-8(3)13-10/h4-5,7,9,12H,6,11H2,1-3H3. The molecule has 0 bridgehead atoms. The van der Waals surface area contributed by atoms with Crippen LogP contribution in [0.1, 0.15) is 31.4 Å². The van der Waals surface area contributed by atoms with Crippen molar-refractivity contribution < 1.29 is 4.42 Å². The Morgan fingerprint density at radius 1 is 1.46 bits per heavy atom. The van der Waals surface area contributed by atoms with Crippen molar-refractivity contribution >= 4 is 0 Å². The zero-order chi connectivity index (χ0) is 9.84. The van der Waals surface area contributed by atoms with Gasteiger partial charge in [0.05, 0.1) is 6.04 Å². The summed E-state index contributed by atoms with van der Waals surface area (Å²) in [6.07, 6.45) is 0. The molecule has 1 aromatic rings. The second-order valence-corrected chi connectivity index (χ2v) is 3.56. The van der Waals surface area contributed by atoms with Gasteiger partial charge in [0.25, 0.3) is 0 Å². The summed E-state index contributed by atoms with van der Waals surface area (Å²) < 4.78 is 5.49. The van der Waals surface area contributed by atoms with Crippen molar-refractivity contribution in [2.24, 2.45) is 5.73 Å². The minimum Gasteiger partial charge on any atom is -0.465 e. The molecule has 1 atom stereocenters. The number of furan rings is 1. The van der Waals surface area contributed by atoms with Gasteiger partial charge in [-0.3, -0.25) is 0 Å². The molecule has 3 N–H and O–H groups in total. The van der Waals surface area contributed by atoms with Crippen LogP contribution in [0.3, 0.4) is 0 Å². The van der Waals surface area contributed by atoms with Gasteiger partial charge < -0.3 is 15.5 Å². The Balaban J connectivity index is 2.66. The van der Waals surface area contributed by atoms with Crippen molar-refractivity contribution in [3.8, 4) is 0 Å². The van der Waals surface area contributed by atoms with E-state index in [4.69, 9.17) is 10.2 Å². The molecule has 0 aliphatic rings. The SMILES string of the molecule is Cc1ccc(C(CN)NC(C)C)o1. The molecule has 13 heavy (non-hydrogen) atoms. The first-order valence-corrected chi connectivity index (χ1v) is 4.66. The van der Waals surface area contributed by atoms with Gasteiger partial charge >= 0.3 is 0 Å². The average molecular weight is 182 g/mol. The highest BCUT2D eigenvalue weighted by Crippen LogP contribution is 2.15. The molecule has 0 saturated carbocycles. The molecule has 1 heterocycles. The van der Waals surface area contributed by atoms with E-state index in [0.29, 0.717) is 12.6 Å². The van der Waals surface area contributed by atoms with Crippen molar-refractivity contribution in [2.75, 3.05) is 6.54 Å². The first-order chi connectivity index (χ1) is 6.13. The van der Waals surface area contributed by atoms with Crippen LogP contribution < -0.4 is 11.1 Å². The van der Waals surface area contributed by atoms with E-state index in [1.54, 1.807) is 0 Å². The number of nitrogens with two attached hydrogens (primary N) is 1. The fourth-order valence-electron chi connectivity index (χ4n) is 1.31. The van der Waals surface area contributed by atoms with Gasteiger partial charge in [-0.25, -0.2) is 0 Å². The molecule has 3 nitrogen and oxygen atoms in total. The maximum absolute atomic E-state index is 5.64. The van der Waals surface area contributed by atoms with Gasteiger partial charge in [0.15, 0.2) is 0 Å². The smallest absolute Gasteiger partial charge is 0.122 e. The lowest BCUT2D eigenvalue weighted by Crippen LogP contribution is -2.32. The first kappa shape index (κ1) is 10.3. The molecule has 1 aromatic heterocycles.